The summed E-state index contributed by atoms with van der Waals surface area (Å²) >= 11 is 0. The fourth-order valence-electron chi connectivity index (χ4n) is 2.64. The van der Waals surface area contributed by atoms with E-state index in [1.807, 2.05) is 30.3 Å². The van der Waals surface area contributed by atoms with Crippen molar-refractivity contribution in [2.24, 2.45) is 0 Å². The molecule has 2 aromatic rings. The molecule has 0 spiro atoms. The molecule has 1 aromatic heterocycles. The zero-order chi connectivity index (χ0) is 19.9. The van der Waals surface area contributed by atoms with Crippen LogP contribution in [0.4, 0.5) is 13.6 Å². The normalized spacial score (nSPS) is 13.8. The Morgan fingerprint density at radius 2 is 1.93 bits per heavy atom. The predicted molar refractivity (Wildman–Crippen MR) is 96.6 cm³/mol. The number of carboxylic acid groups (broad SMARTS) is 1. The average Bonchev–Trinajstić information content (AvgIpc) is 2.61. The van der Waals surface area contributed by atoms with Crippen molar-refractivity contribution < 1.29 is 23.8 Å². The molecule has 2 rings (SSSR count). The molecule has 0 unspecified atom stereocenters. The Morgan fingerprint density at radius 3 is 2.56 bits per heavy atom. The van der Waals surface area contributed by atoms with Crippen molar-refractivity contribution in [2.75, 3.05) is 6.54 Å². The molecule has 2 atom stereocenters. The predicted octanol–water partition coefficient (Wildman–Crippen LogP) is 2.52. The topological polar surface area (TPSA) is 94.5 Å². The van der Waals surface area contributed by atoms with Gasteiger partial charge in [0.1, 0.15) is 0 Å². The van der Waals surface area contributed by atoms with Crippen molar-refractivity contribution in [3.05, 3.63) is 65.5 Å². The lowest BCUT2D eigenvalue weighted by Gasteiger charge is -2.23. The number of rotatable bonds is 9. The minimum atomic E-state index is -2.98. The molecular weight excluding hydrogens is 356 g/mol. The second kappa shape index (κ2) is 9.38. The summed E-state index contributed by atoms with van der Waals surface area (Å²) in [5.41, 5.74) is 1.25. The van der Waals surface area contributed by atoms with Gasteiger partial charge in [-0.25, -0.2) is 13.6 Å². The molecular formula is C19H23F2N3O3. The van der Waals surface area contributed by atoms with Crippen LogP contribution in [-0.2, 0) is 18.9 Å². The zero-order valence-electron chi connectivity index (χ0n) is 14.9. The van der Waals surface area contributed by atoms with Gasteiger partial charge in [0.2, 0.25) is 0 Å². The summed E-state index contributed by atoms with van der Waals surface area (Å²) in [4.78, 5) is 14.8. The number of halogens is 2. The van der Waals surface area contributed by atoms with Crippen LogP contribution in [0.5, 0.6) is 0 Å². The van der Waals surface area contributed by atoms with Crippen LogP contribution in [0.25, 0.3) is 0 Å². The second-order valence-electron chi connectivity index (χ2n) is 6.41. The minimum Gasteiger partial charge on any atom is -0.465 e. The number of aliphatic hydroxyl groups excluding tert-OH is 1. The van der Waals surface area contributed by atoms with E-state index in [0.717, 1.165) is 18.7 Å². The van der Waals surface area contributed by atoms with E-state index in [1.54, 1.807) is 0 Å². The van der Waals surface area contributed by atoms with E-state index in [0.29, 0.717) is 12.0 Å². The van der Waals surface area contributed by atoms with Crippen LogP contribution < -0.4 is 10.6 Å². The van der Waals surface area contributed by atoms with Crippen molar-refractivity contribution in [2.45, 2.75) is 38.0 Å². The summed E-state index contributed by atoms with van der Waals surface area (Å²) < 4.78 is 26.7. The first-order valence-electron chi connectivity index (χ1n) is 8.50. The Morgan fingerprint density at radius 1 is 1.22 bits per heavy atom. The van der Waals surface area contributed by atoms with Gasteiger partial charge in [0, 0.05) is 38.0 Å². The van der Waals surface area contributed by atoms with E-state index < -0.39 is 24.2 Å². The maximum Gasteiger partial charge on any atom is 0.404 e. The minimum absolute atomic E-state index is 0.0878. The van der Waals surface area contributed by atoms with E-state index in [1.165, 1.54) is 12.3 Å². The van der Waals surface area contributed by atoms with Gasteiger partial charge in [-0.15, -0.1) is 0 Å². The molecule has 4 N–H and O–H groups in total. The molecule has 146 valence electrons. The number of carbonyl (C=O) groups is 1. The standard InChI is InChI=1S/C19H23F2N3O3/c1-19(20,21)15-7-14(9-22-11-15)10-23-12-17(25)16(24-18(26)27)8-13-5-3-2-4-6-13/h2-7,9,11,16-17,23-25H,8,10,12H2,1H3,(H,26,27)/t16-,17+/m0/s1. The highest BCUT2D eigenvalue weighted by molar-refractivity contribution is 5.65. The maximum absolute atomic E-state index is 13.4. The van der Waals surface area contributed by atoms with Crippen molar-refractivity contribution in [1.29, 1.82) is 0 Å². The van der Waals surface area contributed by atoms with Crippen LogP contribution in [0, 0.1) is 0 Å². The summed E-state index contributed by atoms with van der Waals surface area (Å²) in [6, 6.07) is 9.86. The number of hydrogen-bond acceptors (Lipinski definition) is 4. The molecule has 8 heteroatoms. The van der Waals surface area contributed by atoms with E-state index >= 15 is 0 Å². The van der Waals surface area contributed by atoms with Crippen LogP contribution in [0.1, 0.15) is 23.6 Å². The SMILES string of the molecule is CC(F)(F)c1cncc(CNC[C@@H](O)[C@H](Cc2ccccc2)NC(=O)O)c1. The van der Waals surface area contributed by atoms with Crippen LogP contribution in [0.2, 0.25) is 0 Å². The highest BCUT2D eigenvalue weighted by atomic mass is 19.3. The van der Waals surface area contributed by atoms with E-state index in [2.05, 4.69) is 15.6 Å². The fourth-order valence-corrected chi connectivity index (χ4v) is 2.64. The zero-order valence-corrected chi connectivity index (χ0v) is 14.9. The number of hydrogen-bond donors (Lipinski definition) is 4. The Bertz CT molecular complexity index is 738. The van der Waals surface area contributed by atoms with Gasteiger partial charge in [-0.05, 0) is 23.6 Å². The first kappa shape index (κ1) is 20.7. The summed E-state index contributed by atoms with van der Waals surface area (Å²) in [5.74, 6) is -2.98. The quantitative estimate of drug-likeness (QED) is 0.537. The number of benzene rings is 1. The van der Waals surface area contributed by atoms with E-state index in [-0.39, 0.29) is 18.7 Å². The summed E-state index contributed by atoms with van der Waals surface area (Å²) in [6.45, 7) is 1.11. The third-order valence-corrected chi connectivity index (χ3v) is 4.06. The van der Waals surface area contributed by atoms with Gasteiger partial charge in [0.25, 0.3) is 5.92 Å². The number of aromatic nitrogens is 1. The number of nitrogens with zero attached hydrogens (tertiary/aromatic N) is 1. The summed E-state index contributed by atoms with van der Waals surface area (Å²) in [6.07, 6.45) is 0.688. The number of pyridine rings is 1. The van der Waals surface area contributed by atoms with Crippen molar-refractivity contribution in [1.82, 2.24) is 15.6 Å². The molecule has 1 aromatic carbocycles. The number of alkyl halides is 2. The van der Waals surface area contributed by atoms with Crippen LogP contribution >= 0.6 is 0 Å². The van der Waals surface area contributed by atoms with Gasteiger partial charge in [-0.3, -0.25) is 4.98 Å². The lowest BCUT2D eigenvalue weighted by Crippen LogP contribution is -2.48. The average molecular weight is 379 g/mol. The molecule has 0 saturated heterocycles. The van der Waals surface area contributed by atoms with Gasteiger partial charge in [0.05, 0.1) is 12.1 Å². The number of nitrogens with one attached hydrogen (secondary N) is 2. The summed E-state index contributed by atoms with van der Waals surface area (Å²) in [7, 11) is 0. The molecule has 6 nitrogen and oxygen atoms in total. The fraction of sp³-hybridized carbons (Fsp3) is 0.368. The molecule has 0 fully saturated rings. The molecule has 0 saturated carbocycles. The van der Waals surface area contributed by atoms with Crippen LogP contribution in [0.3, 0.4) is 0 Å². The van der Waals surface area contributed by atoms with Crippen LogP contribution in [0.15, 0.2) is 48.8 Å². The highest BCUT2D eigenvalue weighted by Gasteiger charge is 2.25. The Kier molecular flexibility index (Phi) is 7.20. The lowest BCUT2D eigenvalue weighted by atomic mass is 10.0. The first-order valence-corrected chi connectivity index (χ1v) is 8.50. The molecule has 1 heterocycles. The van der Waals surface area contributed by atoms with E-state index in [4.69, 9.17) is 5.11 Å². The Hall–Kier alpha value is -2.58. The molecule has 1 amide bonds. The van der Waals surface area contributed by atoms with Gasteiger partial charge < -0.3 is 20.8 Å². The molecule has 0 aliphatic carbocycles. The smallest absolute Gasteiger partial charge is 0.404 e. The van der Waals surface area contributed by atoms with Gasteiger partial charge in [-0.1, -0.05) is 30.3 Å². The molecule has 0 aliphatic heterocycles. The van der Waals surface area contributed by atoms with Crippen molar-refractivity contribution >= 4 is 6.09 Å². The maximum atomic E-state index is 13.4. The van der Waals surface area contributed by atoms with Crippen molar-refractivity contribution in [3.8, 4) is 0 Å². The lowest BCUT2D eigenvalue weighted by molar-refractivity contribution is 0.0170. The van der Waals surface area contributed by atoms with Gasteiger partial charge in [0.15, 0.2) is 0 Å². The Labute approximate surface area is 156 Å². The monoisotopic (exact) mass is 379 g/mol. The molecule has 0 aliphatic rings. The largest absolute Gasteiger partial charge is 0.465 e. The third kappa shape index (κ3) is 6.92. The van der Waals surface area contributed by atoms with Crippen LogP contribution in [-0.4, -0.2) is 40.0 Å². The number of aliphatic hydroxyl groups is 1. The first-order chi connectivity index (χ1) is 12.8. The number of amides is 1. The Balaban J connectivity index is 1.93. The highest BCUT2D eigenvalue weighted by Crippen LogP contribution is 2.26. The molecule has 0 bridgehead atoms. The summed E-state index contributed by atoms with van der Waals surface area (Å²) in [5, 5.41) is 24.6. The van der Waals surface area contributed by atoms with Gasteiger partial charge >= 0.3 is 6.09 Å². The second-order valence-corrected chi connectivity index (χ2v) is 6.41. The third-order valence-electron chi connectivity index (χ3n) is 4.06. The molecule has 27 heavy (non-hydrogen) atoms. The van der Waals surface area contributed by atoms with Gasteiger partial charge in [-0.2, -0.15) is 0 Å². The van der Waals surface area contributed by atoms with Crippen molar-refractivity contribution in [3.63, 3.8) is 0 Å². The molecule has 0 radical (unpaired) electrons. The van der Waals surface area contributed by atoms with E-state index in [9.17, 15) is 18.7 Å².